The Kier molecular flexibility index (Phi) is 5.26. The average molecular weight is 279 g/mol. The normalized spacial score (nSPS) is 16.2. The first-order chi connectivity index (χ1) is 9.69. The molecule has 4 heteroatoms. The molecule has 1 fully saturated rings. The Morgan fingerprint density at radius 3 is 2.60 bits per heavy atom. The Morgan fingerprint density at radius 1 is 1.30 bits per heavy atom. The van der Waals surface area contributed by atoms with E-state index >= 15 is 0 Å². The van der Waals surface area contributed by atoms with Gasteiger partial charge in [0.2, 0.25) is 0 Å². The highest BCUT2D eigenvalue weighted by atomic mass is 16.5. The van der Waals surface area contributed by atoms with Gasteiger partial charge in [0.25, 0.3) is 0 Å². The van der Waals surface area contributed by atoms with E-state index in [1.165, 1.54) is 12.8 Å². The highest BCUT2D eigenvalue weighted by Gasteiger charge is 2.30. The minimum atomic E-state index is -0.525. The zero-order chi connectivity index (χ0) is 14.5. The maximum absolute atomic E-state index is 10.5. The van der Waals surface area contributed by atoms with E-state index in [9.17, 15) is 5.11 Å². The molecule has 0 saturated heterocycles. The molecule has 1 aliphatic rings. The van der Waals surface area contributed by atoms with Crippen LogP contribution in [0.1, 0.15) is 37.9 Å². The summed E-state index contributed by atoms with van der Waals surface area (Å²) in [4.78, 5) is 2.38. The van der Waals surface area contributed by atoms with Crippen LogP contribution in [0.4, 0.5) is 0 Å². The molecule has 0 radical (unpaired) electrons. The summed E-state index contributed by atoms with van der Waals surface area (Å²) in [6.45, 7) is 3.89. The Labute approximate surface area is 121 Å². The van der Waals surface area contributed by atoms with Gasteiger partial charge >= 0.3 is 0 Å². The molecule has 0 aromatic heterocycles. The first-order valence-corrected chi connectivity index (χ1v) is 7.33. The second-order valence-corrected chi connectivity index (χ2v) is 5.35. The zero-order valence-corrected chi connectivity index (χ0v) is 12.6. The second-order valence-electron chi connectivity index (χ2n) is 5.35. The van der Waals surface area contributed by atoms with Crippen LogP contribution in [0, 0.1) is 0 Å². The fourth-order valence-electron chi connectivity index (χ4n) is 2.56. The van der Waals surface area contributed by atoms with Crippen molar-refractivity contribution >= 4 is 0 Å². The van der Waals surface area contributed by atoms with Crippen LogP contribution in [-0.2, 0) is 0 Å². The van der Waals surface area contributed by atoms with Crippen molar-refractivity contribution in [1.82, 2.24) is 4.90 Å². The van der Waals surface area contributed by atoms with Gasteiger partial charge in [-0.05, 0) is 37.9 Å². The number of aliphatic hydroxyl groups excluding tert-OH is 1. The van der Waals surface area contributed by atoms with Gasteiger partial charge in [0.05, 0.1) is 20.3 Å². The molecular formula is C16H25NO3. The molecule has 1 aromatic rings. The molecule has 0 bridgehead atoms. The highest BCUT2D eigenvalue weighted by molar-refractivity contribution is 5.42. The number of rotatable bonds is 8. The Hall–Kier alpha value is -1.26. The summed E-state index contributed by atoms with van der Waals surface area (Å²) in [5.41, 5.74) is 0.829. The fourth-order valence-corrected chi connectivity index (χ4v) is 2.56. The Bertz CT molecular complexity index is 432. The van der Waals surface area contributed by atoms with Crippen molar-refractivity contribution in [3.05, 3.63) is 23.8 Å². The molecule has 1 unspecified atom stereocenters. The summed E-state index contributed by atoms with van der Waals surface area (Å²) >= 11 is 0. The maximum Gasteiger partial charge on any atom is 0.128 e. The van der Waals surface area contributed by atoms with Crippen LogP contribution in [0.5, 0.6) is 11.5 Å². The molecule has 1 atom stereocenters. The van der Waals surface area contributed by atoms with Crippen LogP contribution in [-0.4, -0.2) is 43.4 Å². The van der Waals surface area contributed by atoms with Crippen molar-refractivity contribution in [3.63, 3.8) is 0 Å². The van der Waals surface area contributed by atoms with Gasteiger partial charge in [-0.1, -0.05) is 6.92 Å². The van der Waals surface area contributed by atoms with Gasteiger partial charge in [-0.15, -0.1) is 0 Å². The molecular weight excluding hydrogens is 254 g/mol. The minimum absolute atomic E-state index is 0.525. The predicted octanol–water partition coefficient (Wildman–Crippen LogP) is 2.61. The van der Waals surface area contributed by atoms with Crippen molar-refractivity contribution in [3.8, 4) is 11.5 Å². The molecule has 0 spiro atoms. The second kappa shape index (κ2) is 6.95. The van der Waals surface area contributed by atoms with Crippen molar-refractivity contribution in [2.24, 2.45) is 0 Å². The standard InChI is InChI=1S/C16H25NO3/c1-4-9-17(12-5-6-12)11-15(18)14-8-7-13(19-2)10-16(14)20-3/h7-8,10,12,15,18H,4-6,9,11H2,1-3H3. The van der Waals surface area contributed by atoms with Gasteiger partial charge < -0.3 is 14.6 Å². The number of ether oxygens (including phenoxy) is 2. The summed E-state index contributed by atoms with van der Waals surface area (Å²) in [5, 5.41) is 10.5. The summed E-state index contributed by atoms with van der Waals surface area (Å²) in [6, 6.07) is 6.23. The number of methoxy groups -OCH3 is 2. The quantitative estimate of drug-likeness (QED) is 0.794. The molecule has 0 aliphatic heterocycles. The van der Waals surface area contributed by atoms with Gasteiger partial charge in [-0.25, -0.2) is 0 Å². The van der Waals surface area contributed by atoms with Gasteiger partial charge in [-0.2, -0.15) is 0 Å². The smallest absolute Gasteiger partial charge is 0.128 e. The molecule has 1 aliphatic carbocycles. The predicted molar refractivity (Wildman–Crippen MR) is 79.4 cm³/mol. The van der Waals surface area contributed by atoms with Crippen molar-refractivity contribution in [2.45, 2.75) is 38.3 Å². The number of nitrogens with zero attached hydrogens (tertiary/aromatic N) is 1. The van der Waals surface area contributed by atoms with E-state index in [0.717, 1.165) is 24.3 Å². The molecule has 112 valence electrons. The summed E-state index contributed by atoms with van der Waals surface area (Å²) in [5.74, 6) is 1.43. The minimum Gasteiger partial charge on any atom is -0.497 e. The molecule has 0 heterocycles. The lowest BCUT2D eigenvalue weighted by Crippen LogP contribution is -2.31. The lowest BCUT2D eigenvalue weighted by atomic mass is 10.1. The van der Waals surface area contributed by atoms with E-state index < -0.39 is 6.10 Å². The lowest BCUT2D eigenvalue weighted by molar-refractivity contribution is 0.106. The van der Waals surface area contributed by atoms with E-state index in [2.05, 4.69) is 11.8 Å². The zero-order valence-electron chi connectivity index (χ0n) is 12.6. The van der Waals surface area contributed by atoms with Gasteiger partial charge in [-0.3, -0.25) is 4.90 Å². The summed E-state index contributed by atoms with van der Waals surface area (Å²) in [7, 11) is 3.25. The number of aliphatic hydroxyl groups is 1. The third-order valence-electron chi connectivity index (χ3n) is 3.78. The van der Waals surface area contributed by atoms with Crippen LogP contribution in [0.2, 0.25) is 0 Å². The van der Waals surface area contributed by atoms with E-state index in [1.54, 1.807) is 14.2 Å². The first kappa shape index (κ1) is 15.1. The van der Waals surface area contributed by atoms with Gasteiger partial charge in [0, 0.05) is 24.2 Å². The molecule has 20 heavy (non-hydrogen) atoms. The van der Waals surface area contributed by atoms with Crippen LogP contribution >= 0.6 is 0 Å². The summed E-state index contributed by atoms with van der Waals surface area (Å²) < 4.78 is 10.6. The van der Waals surface area contributed by atoms with Crippen molar-refractivity contribution in [1.29, 1.82) is 0 Å². The number of hydrogen-bond donors (Lipinski definition) is 1. The van der Waals surface area contributed by atoms with E-state index in [1.807, 2.05) is 18.2 Å². The van der Waals surface area contributed by atoms with E-state index in [0.29, 0.717) is 18.3 Å². The van der Waals surface area contributed by atoms with Crippen molar-refractivity contribution < 1.29 is 14.6 Å². The Morgan fingerprint density at radius 2 is 2.05 bits per heavy atom. The average Bonchev–Trinajstić information content (AvgIpc) is 3.30. The third-order valence-corrected chi connectivity index (χ3v) is 3.78. The molecule has 1 N–H and O–H groups in total. The van der Waals surface area contributed by atoms with Gasteiger partial charge in [0.1, 0.15) is 11.5 Å². The van der Waals surface area contributed by atoms with E-state index in [4.69, 9.17) is 9.47 Å². The topological polar surface area (TPSA) is 41.9 Å². The maximum atomic E-state index is 10.5. The van der Waals surface area contributed by atoms with Crippen LogP contribution in [0.15, 0.2) is 18.2 Å². The SMILES string of the molecule is CCCN(CC(O)c1ccc(OC)cc1OC)C1CC1. The monoisotopic (exact) mass is 279 g/mol. The van der Waals surface area contributed by atoms with Crippen LogP contribution in [0.25, 0.3) is 0 Å². The van der Waals surface area contributed by atoms with Crippen LogP contribution < -0.4 is 9.47 Å². The fraction of sp³-hybridized carbons (Fsp3) is 0.625. The van der Waals surface area contributed by atoms with Gasteiger partial charge in [0.15, 0.2) is 0 Å². The van der Waals surface area contributed by atoms with Crippen LogP contribution in [0.3, 0.4) is 0 Å². The number of benzene rings is 1. The molecule has 0 amide bonds. The third kappa shape index (κ3) is 3.64. The van der Waals surface area contributed by atoms with Crippen molar-refractivity contribution in [2.75, 3.05) is 27.3 Å². The van der Waals surface area contributed by atoms with E-state index in [-0.39, 0.29) is 0 Å². The lowest BCUT2D eigenvalue weighted by Gasteiger charge is -2.25. The Balaban J connectivity index is 2.08. The molecule has 2 rings (SSSR count). The first-order valence-electron chi connectivity index (χ1n) is 7.33. The summed E-state index contributed by atoms with van der Waals surface area (Å²) in [6.07, 6.45) is 3.10. The molecule has 1 saturated carbocycles. The largest absolute Gasteiger partial charge is 0.497 e. The number of hydrogen-bond acceptors (Lipinski definition) is 4. The molecule has 4 nitrogen and oxygen atoms in total. The highest BCUT2D eigenvalue weighted by Crippen LogP contribution is 2.33. The molecule has 1 aromatic carbocycles.